The molecule has 2 aromatic carbocycles. The minimum Gasteiger partial charge on any atom is -0.464 e. The Labute approximate surface area is 206 Å². The van der Waals surface area contributed by atoms with Gasteiger partial charge in [-0.3, -0.25) is 4.79 Å². The van der Waals surface area contributed by atoms with Gasteiger partial charge in [-0.2, -0.15) is 4.31 Å². The number of carbonyl (C=O) groups excluding carboxylic acids is 1. The van der Waals surface area contributed by atoms with Crippen molar-refractivity contribution in [1.82, 2.24) is 9.21 Å². The predicted octanol–water partition coefficient (Wildman–Crippen LogP) is 5.11. The first-order valence-electron chi connectivity index (χ1n) is 12.8. The third-order valence-electron chi connectivity index (χ3n) is 8.23. The van der Waals surface area contributed by atoms with E-state index >= 15 is 0 Å². The quantitative estimate of drug-likeness (QED) is 0.479. The summed E-state index contributed by atoms with van der Waals surface area (Å²) in [6.45, 7) is 2.80. The smallest absolute Gasteiger partial charge is 0.243 e. The molecule has 4 atom stereocenters. The maximum absolute atomic E-state index is 14.1. The van der Waals surface area contributed by atoms with E-state index in [0.29, 0.717) is 31.8 Å². The molecule has 3 unspecified atom stereocenters. The van der Waals surface area contributed by atoms with Gasteiger partial charge in [0.25, 0.3) is 0 Å². The molecule has 3 fully saturated rings. The van der Waals surface area contributed by atoms with Crippen LogP contribution in [0.3, 0.4) is 0 Å². The number of hydrogen-bond acceptors (Lipinski definition) is 4. The maximum Gasteiger partial charge on any atom is 0.243 e. The van der Waals surface area contributed by atoms with Crippen molar-refractivity contribution < 1.29 is 17.6 Å². The maximum atomic E-state index is 14.1. The fourth-order valence-corrected chi connectivity index (χ4v) is 7.75. The Morgan fingerprint density at radius 1 is 1.03 bits per heavy atom. The summed E-state index contributed by atoms with van der Waals surface area (Å²) in [5, 5.41) is 1.04. The lowest BCUT2D eigenvalue weighted by atomic mass is 9.93. The van der Waals surface area contributed by atoms with E-state index in [-0.39, 0.29) is 16.8 Å². The second-order valence-electron chi connectivity index (χ2n) is 10.6. The van der Waals surface area contributed by atoms with E-state index in [0.717, 1.165) is 47.3 Å². The number of fused-ring (bicyclic) bond motifs is 2. The first-order valence-corrected chi connectivity index (χ1v) is 14.2. The summed E-state index contributed by atoms with van der Waals surface area (Å²) in [7, 11) is -3.74. The Morgan fingerprint density at radius 3 is 2.66 bits per heavy atom. The van der Waals surface area contributed by atoms with Crippen LogP contribution in [0.1, 0.15) is 49.7 Å². The van der Waals surface area contributed by atoms with Crippen molar-refractivity contribution in [2.45, 2.75) is 69.0 Å². The van der Waals surface area contributed by atoms with E-state index in [2.05, 4.69) is 6.07 Å². The van der Waals surface area contributed by atoms with Crippen LogP contribution in [-0.2, 0) is 21.4 Å². The van der Waals surface area contributed by atoms with Gasteiger partial charge in [-0.1, -0.05) is 29.8 Å². The molecule has 35 heavy (non-hydrogen) atoms. The fourth-order valence-electron chi connectivity index (χ4n) is 6.10. The highest BCUT2D eigenvalue weighted by molar-refractivity contribution is 7.89. The molecule has 0 radical (unpaired) electrons. The van der Waals surface area contributed by atoms with Gasteiger partial charge in [-0.05, 0) is 87.1 Å². The molecule has 1 aromatic heterocycles. The van der Waals surface area contributed by atoms with Crippen LogP contribution in [-0.4, -0.2) is 42.2 Å². The summed E-state index contributed by atoms with van der Waals surface area (Å²) < 4.78 is 34.1. The van der Waals surface area contributed by atoms with Crippen molar-refractivity contribution in [3.8, 4) is 0 Å². The van der Waals surface area contributed by atoms with Crippen LogP contribution in [0, 0.1) is 18.8 Å². The molecular formula is C28H32N2O4S. The lowest BCUT2D eigenvalue weighted by Crippen LogP contribution is -2.51. The van der Waals surface area contributed by atoms with Gasteiger partial charge >= 0.3 is 0 Å². The number of furan rings is 1. The molecule has 7 heteroatoms. The fraction of sp³-hybridized carbons (Fsp3) is 0.464. The summed E-state index contributed by atoms with van der Waals surface area (Å²) in [5.41, 5.74) is 2.84. The third-order valence-corrected chi connectivity index (χ3v) is 10.2. The standard InChI is InChI=1S/C28H32N2O4S/c1-19-4-10-25(11-5-19)35(32,33)30-13-2-3-26(30)28(31)29(24-9-8-22-16-23(22)17-24)18-20-6-7-21-12-14-34-27(21)15-20/h4-7,10-12,14-15,22-24,26H,2-3,8-9,13,16-18H2,1H3/t22?,23?,24?,26-/m0/s1. The molecule has 0 N–H and O–H groups in total. The molecule has 184 valence electrons. The van der Waals surface area contributed by atoms with Crippen molar-refractivity contribution in [2.75, 3.05) is 6.54 Å². The van der Waals surface area contributed by atoms with Gasteiger partial charge in [0.1, 0.15) is 11.6 Å². The normalized spacial score (nSPS) is 26.5. The number of amides is 1. The van der Waals surface area contributed by atoms with E-state index in [1.807, 2.05) is 42.2 Å². The van der Waals surface area contributed by atoms with Crippen LogP contribution in [0.4, 0.5) is 0 Å². The molecule has 1 aliphatic heterocycles. The number of nitrogens with zero attached hydrogens (tertiary/aromatic N) is 2. The van der Waals surface area contributed by atoms with E-state index in [1.54, 1.807) is 18.4 Å². The minimum atomic E-state index is -3.74. The molecule has 0 bridgehead atoms. The monoisotopic (exact) mass is 492 g/mol. The number of sulfonamides is 1. The number of aryl methyl sites for hydroxylation is 1. The van der Waals surface area contributed by atoms with Crippen LogP contribution in [0.15, 0.2) is 64.1 Å². The van der Waals surface area contributed by atoms with Gasteiger partial charge in [0, 0.05) is 24.5 Å². The largest absolute Gasteiger partial charge is 0.464 e. The summed E-state index contributed by atoms with van der Waals surface area (Å²) in [5.74, 6) is 1.49. The molecule has 2 aliphatic carbocycles. The van der Waals surface area contributed by atoms with Crippen LogP contribution in [0.25, 0.3) is 11.0 Å². The third kappa shape index (κ3) is 4.29. The molecule has 1 saturated heterocycles. The zero-order chi connectivity index (χ0) is 24.2. The molecule has 6 rings (SSSR count). The number of hydrogen-bond donors (Lipinski definition) is 0. The zero-order valence-electron chi connectivity index (χ0n) is 20.1. The Hall–Kier alpha value is -2.64. The summed E-state index contributed by atoms with van der Waals surface area (Å²) in [6, 6.07) is 14.4. The summed E-state index contributed by atoms with van der Waals surface area (Å²) in [6.07, 6.45) is 7.39. The highest BCUT2D eigenvalue weighted by atomic mass is 32.2. The minimum absolute atomic E-state index is 0.0539. The molecule has 6 nitrogen and oxygen atoms in total. The van der Waals surface area contributed by atoms with Gasteiger partial charge in [-0.25, -0.2) is 8.42 Å². The molecule has 1 amide bonds. The van der Waals surface area contributed by atoms with Crippen LogP contribution in [0.5, 0.6) is 0 Å². The van der Waals surface area contributed by atoms with Crippen LogP contribution >= 0.6 is 0 Å². The average molecular weight is 493 g/mol. The second-order valence-corrected chi connectivity index (χ2v) is 12.5. The molecular weight excluding hydrogens is 460 g/mol. The van der Waals surface area contributed by atoms with E-state index in [4.69, 9.17) is 4.42 Å². The van der Waals surface area contributed by atoms with Crippen molar-refractivity contribution >= 4 is 26.9 Å². The van der Waals surface area contributed by atoms with E-state index < -0.39 is 16.1 Å². The first kappa shape index (κ1) is 22.8. The first-order chi connectivity index (χ1) is 16.9. The molecule has 2 heterocycles. The summed E-state index contributed by atoms with van der Waals surface area (Å²) in [4.78, 5) is 16.4. The Kier molecular flexibility index (Phi) is 5.72. The number of rotatable bonds is 6. The number of benzene rings is 2. The Morgan fingerprint density at radius 2 is 1.86 bits per heavy atom. The van der Waals surface area contributed by atoms with Crippen LogP contribution in [0.2, 0.25) is 0 Å². The topological polar surface area (TPSA) is 70.8 Å². The van der Waals surface area contributed by atoms with Gasteiger partial charge in [-0.15, -0.1) is 0 Å². The van der Waals surface area contributed by atoms with Crippen molar-refractivity contribution in [3.63, 3.8) is 0 Å². The number of carbonyl (C=O) groups is 1. The Balaban J connectivity index is 1.30. The second kappa shape index (κ2) is 8.79. The van der Waals surface area contributed by atoms with Gasteiger partial charge in [0.05, 0.1) is 11.2 Å². The van der Waals surface area contributed by atoms with Gasteiger partial charge < -0.3 is 9.32 Å². The SMILES string of the molecule is Cc1ccc(S(=O)(=O)N2CCC[C@H]2C(=O)N(Cc2ccc3ccoc3c2)C2CCC3CC3C2)cc1. The van der Waals surface area contributed by atoms with Crippen molar-refractivity contribution in [2.24, 2.45) is 11.8 Å². The van der Waals surface area contributed by atoms with Crippen molar-refractivity contribution in [3.05, 3.63) is 65.9 Å². The highest BCUT2D eigenvalue weighted by Crippen LogP contribution is 2.50. The van der Waals surface area contributed by atoms with E-state index in [9.17, 15) is 13.2 Å². The summed E-state index contributed by atoms with van der Waals surface area (Å²) >= 11 is 0. The lowest BCUT2D eigenvalue weighted by Gasteiger charge is -2.37. The highest BCUT2D eigenvalue weighted by Gasteiger charge is 2.47. The Bertz CT molecular complexity index is 1350. The molecule has 3 aromatic rings. The van der Waals surface area contributed by atoms with Crippen molar-refractivity contribution in [1.29, 1.82) is 0 Å². The lowest BCUT2D eigenvalue weighted by molar-refractivity contribution is -0.138. The zero-order valence-corrected chi connectivity index (χ0v) is 20.9. The molecule has 3 aliphatic rings. The molecule has 0 spiro atoms. The predicted molar refractivity (Wildman–Crippen MR) is 134 cm³/mol. The van der Waals surface area contributed by atoms with Gasteiger partial charge in [0.2, 0.25) is 15.9 Å². The van der Waals surface area contributed by atoms with Gasteiger partial charge in [0.15, 0.2) is 0 Å². The van der Waals surface area contributed by atoms with Crippen LogP contribution < -0.4 is 0 Å². The average Bonchev–Trinajstić information content (AvgIpc) is 3.22. The molecule has 2 saturated carbocycles. The van der Waals surface area contributed by atoms with E-state index in [1.165, 1.54) is 10.7 Å².